The number of carbonyl (C=O) groups excluding carboxylic acids is 1. The second kappa shape index (κ2) is 3.81. The van der Waals surface area contributed by atoms with Gasteiger partial charge >= 0.3 is 6.03 Å². The highest BCUT2D eigenvalue weighted by atomic mass is 16.2. The van der Waals surface area contributed by atoms with Crippen molar-refractivity contribution >= 4 is 17.4 Å². The molecule has 80 valence electrons. The number of nitrogens with two attached hydrogens (primary N) is 1. The number of nitrogen functional groups attached to an aromatic ring is 1. The molecule has 2 rings (SSSR count). The first-order valence-electron chi connectivity index (χ1n) is 5.15. The highest BCUT2D eigenvalue weighted by molar-refractivity contribution is 5.96. The van der Waals surface area contributed by atoms with Gasteiger partial charge in [-0.2, -0.15) is 0 Å². The fraction of sp³-hybridized carbons (Fsp3) is 0.364. The summed E-state index contributed by atoms with van der Waals surface area (Å²) in [6.07, 6.45) is 0. The van der Waals surface area contributed by atoms with Crippen LogP contribution in [0, 0.1) is 0 Å². The quantitative estimate of drug-likeness (QED) is 0.744. The molecule has 0 aliphatic carbocycles. The Labute approximate surface area is 89.3 Å². The molecule has 15 heavy (non-hydrogen) atoms. The number of amides is 2. The lowest BCUT2D eigenvalue weighted by Gasteiger charge is -2.18. The fourth-order valence-corrected chi connectivity index (χ4v) is 1.83. The Bertz CT molecular complexity index is 378. The van der Waals surface area contributed by atoms with Gasteiger partial charge in [-0.1, -0.05) is 12.1 Å². The summed E-state index contributed by atoms with van der Waals surface area (Å²) >= 11 is 0. The minimum atomic E-state index is 0.0513. The van der Waals surface area contributed by atoms with Crippen molar-refractivity contribution in [2.45, 2.75) is 6.92 Å². The molecule has 1 fully saturated rings. The highest BCUT2D eigenvalue weighted by Crippen LogP contribution is 2.25. The number of para-hydroxylation sites is 2. The summed E-state index contributed by atoms with van der Waals surface area (Å²) in [6, 6.07) is 7.52. The molecule has 0 bridgehead atoms. The third-order valence-corrected chi connectivity index (χ3v) is 2.70. The topological polar surface area (TPSA) is 49.6 Å². The SMILES string of the molecule is CCN1CCN(c2ccccc2N)C1=O. The third-order valence-electron chi connectivity index (χ3n) is 2.70. The molecule has 0 spiro atoms. The molecule has 4 heteroatoms. The first kappa shape index (κ1) is 9.83. The molecule has 1 heterocycles. The number of rotatable bonds is 2. The fourth-order valence-electron chi connectivity index (χ4n) is 1.83. The summed E-state index contributed by atoms with van der Waals surface area (Å²) in [5, 5.41) is 0. The number of likely N-dealkylation sites (N-methyl/N-ethyl adjacent to an activating group) is 1. The average molecular weight is 205 g/mol. The molecule has 1 aliphatic heterocycles. The maximum atomic E-state index is 11.9. The van der Waals surface area contributed by atoms with Gasteiger partial charge in [-0.3, -0.25) is 4.90 Å². The summed E-state index contributed by atoms with van der Waals surface area (Å²) in [6.45, 7) is 4.24. The van der Waals surface area contributed by atoms with Crippen LogP contribution in [0.25, 0.3) is 0 Å². The van der Waals surface area contributed by atoms with E-state index in [1.807, 2.05) is 36.1 Å². The van der Waals surface area contributed by atoms with E-state index >= 15 is 0 Å². The van der Waals surface area contributed by atoms with Crippen molar-refractivity contribution in [1.82, 2.24) is 4.90 Å². The molecule has 4 nitrogen and oxygen atoms in total. The number of hydrogen-bond donors (Lipinski definition) is 1. The summed E-state index contributed by atoms with van der Waals surface area (Å²) in [4.78, 5) is 15.4. The van der Waals surface area contributed by atoms with Gasteiger partial charge in [-0.25, -0.2) is 4.79 Å². The maximum absolute atomic E-state index is 11.9. The van der Waals surface area contributed by atoms with Gasteiger partial charge in [0, 0.05) is 19.6 Å². The number of nitrogens with zero attached hydrogens (tertiary/aromatic N) is 2. The van der Waals surface area contributed by atoms with Crippen LogP contribution in [0.5, 0.6) is 0 Å². The van der Waals surface area contributed by atoms with Crippen LogP contribution in [0.3, 0.4) is 0 Å². The van der Waals surface area contributed by atoms with E-state index in [2.05, 4.69) is 0 Å². The first-order chi connectivity index (χ1) is 7.24. The first-order valence-corrected chi connectivity index (χ1v) is 5.15. The predicted molar refractivity (Wildman–Crippen MR) is 60.8 cm³/mol. The van der Waals surface area contributed by atoms with Crippen molar-refractivity contribution in [1.29, 1.82) is 0 Å². The van der Waals surface area contributed by atoms with Gasteiger partial charge in [-0.15, -0.1) is 0 Å². The van der Waals surface area contributed by atoms with E-state index in [1.165, 1.54) is 0 Å². The van der Waals surface area contributed by atoms with Crippen molar-refractivity contribution in [3.63, 3.8) is 0 Å². The van der Waals surface area contributed by atoms with E-state index in [4.69, 9.17) is 5.73 Å². The normalized spacial score (nSPS) is 16.2. The monoisotopic (exact) mass is 205 g/mol. The van der Waals surface area contributed by atoms with Gasteiger partial charge in [0.15, 0.2) is 0 Å². The van der Waals surface area contributed by atoms with Crippen LogP contribution in [0.1, 0.15) is 6.92 Å². The Morgan fingerprint density at radius 2 is 2.07 bits per heavy atom. The third kappa shape index (κ3) is 1.63. The Morgan fingerprint density at radius 3 is 2.67 bits per heavy atom. The number of hydrogen-bond acceptors (Lipinski definition) is 2. The standard InChI is InChI=1S/C11H15N3O/c1-2-13-7-8-14(11(13)15)10-6-4-3-5-9(10)12/h3-6H,2,7-8,12H2,1H3. The smallest absolute Gasteiger partial charge is 0.324 e. The number of urea groups is 1. The van der Waals surface area contributed by atoms with E-state index in [1.54, 1.807) is 4.90 Å². The van der Waals surface area contributed by atoms with Crippen LogP contribution in [-0.2, 0) is 0 Å². The largest absolute Gasteiger partial charge is 0.397 e. The zero-order valence-corrected chi connectivity index (χ0v) is 8.81. The molecule has 0 atom stereocenters. The minimum absolute atomic E-state index is 0.0513. The van der Waals surface area contributed by atoms with Gasteiger partial charge in [0.1, 0.15) is 0 Å². The van der Waals surface area contributed by atoms with Gasteiger partial charge < -0.3 is 10.6 Å². The zero-order valence-electron chi connectivity index (χ0n) is 8.81. The van der Waals surface area contributed by atoms with Crippen LogP contribution in [-0.4, -0.2) is 30.6 Å². The van der Waals surface area contributed by atoms with Crippen LogP contribution >= 0.6 is 0 Å². The Kier molecular flexibility index (Phi) is 2.49. The van der Waals surface area contributed by atoms with Crippen LogP contribution < -0.4 is 10.6 Å². The van der Waals surface area contributed by atoms with Crippen LogP contribution in [0.2, 0.25) is 0 Å². The summed E-state index contributed by atoms with van der Waals surface area (Å²) in [5.74, 6) is 0. The van der Waals surface area contributed by atoms with Crippen molar-refractivity contribution in [2.75, 3.05) is 30.3 Å². The number of carbonyl (C=O) groups is 1. The molecule has 0 unspecified atom stereocenters. The van der Waals surface area contributed by atoms with Gasteiger partial charge in [0.2, 0.25) is 0 Å². The predicted octanol–water partition coefficient (Wildman–Crippen LogP) is 1.53. The highest BCUT2D eigenvalue weighted by Gasteiger charge is 2.28. The molecule has 0 saturated carbocycles. The van der Waals surface area contributed by atoms with E-state index in [0.29, 0.717) is 5.69 Å². The van der Waals surface area contributed by atoms with Crippen LogP contribution in [0.4, 0.5) is 16.2 Å². The van der Waals surface area contributed by atoms with Crippen molar-refractivity contribution in [3.8, 4) is 0 Å². The van der Waals surface area contributed by atoms with Gasteiger partial charge in [0.05, 0.1) is 11.4 Å². The van der Waals surface area contributed by atoms with Crippen LogP contribution in [0.15, 0.2) is 24.3 Å². The maximum Gasteiger partial charge on any atom is 0.324 e. The summed E-state index contributed by atoms with van der Waals surface area (Å²) in [7, 11) is 0. The lowest BCUT2D eigenvalue weighted by atomic mass is 10.2. The number of anilines is 2. The second-order valence-electron chi connectivity index (χ2n) is 3.57. The number of benzene rings is 1. The Hall–Kier alpha value is -1.71. The van der Waals surface area contributed by atoms with Gasteiger partial charge in [-0.05, 0) is 19.1 Å². The molecule has 2 N–H and O–H groups in total. The average Bonchev–Trinajstić information content (AvgIpc) is 2.60. The molecule has 0 radical (unpaired) electrons. The lowest BCUT2D eigenvalue weighted by molar-refractivity contribution is 0.223. The molecular weight excluding hydrogens is 190 g/mol. The summed E-state index contributed by atoms with van der Waals surface area (Å²) in [5.41, 5.74) is 7.31. The molecule has 0 aromatic heterocycles. The van der Waals surface area contributed by atoms with E-state index in [0.717, 1.165) is 25.3 Å². The van der Waals surface area contributed by atoms with Crippen molar-refractivity contribution in [3.05, 3.63) is 24.3 Å². The molecule has 1 aliphatic rings. The molecule has 1 aromatic rings. The van der Waals surface area contributed by atoms with Gasteiger partial charge in [0.25, 0.3) is 0 Å². The Balaban J connectivity index is 2.27. The van der Waals surface area contributed by atoms with Crippen molar-refractivity contribution in [2.24, 2.45) is 0 Å². The molecule has 1 aromatic carbocycles. The lowest BCUT2D eigenvalue weighted by Crippen LogP contribution is -2.31. The Morgan fingerprint density at radius 1 is 1.33 bits per heavy atom. The second-order valence-corrected chi connectivity index (χ2v) is 3.57. The van der Waals surface area contributed by atoms with Crippen molar-refractivity contribution < 1.29 is 4.79 Å². The summed E-state index contributed by atoms with van der Waals surface area (Å²) < 4.78 is 0. The zero-order chi connectivity index (χ0) is 10.8. The molecule has 2 amide bonds. The molecule has 1 saturated heterocycles. The minimum Gasteiger partial charge on any atom is -0.397 e. The molecular formula is C11H15N3O. The van der Waals surface area contributed by atoms with E-state index in [-0.39, 0.29) is 6.03 Å². The van der Waals surface area contributed by atoms with E-state index in [9.17, 15) is 4.79 Å². The van der Waals surface area contributed by atoms with E-state index < -0.39 is 0 Å².